The Morgan fingerprint density at radius 1 is 1.33 bits per heavy atom. The van der Waals surface area contributed by atoms with Crippen LogP contribution in [-0.2, 0) is 0 Å². The van der Waals surface area contributed by atoms with Gasteiger partial charge >= 0.3 is 0 Å². The van der Waals surface area contributed by atoms with Gasteiger partial charge in [-0.15, -0.1) is 0 Å². The van der Waals surface area contributed by atoms with Gasteiger partial charge in [-0.1, -0.05) is 18.7 Å². The quantitative estimate of drug-likeness (QED) is 0.834. The van der Waals surface area contributed by atoms with Gasteiger partial charge < -0.3 is 16.0 Å². The average Bonchev–Trinajstić information content (AvgIpc) is 2.91. The summed E-state index contributed by atoms with van der Waals surface area (Å²) in [6.07, 6.45) is 4.28. The first-order valence-corrected chi connectivity index (χ1v) is 8.04. The maximum atomic E-state index is 12.8. The van der Waals surface area contributed by atoms with Gasteiger partial charge in [0, 0.05) is 25.8 Å². The molecule has 3 rings (SSSR count). The minimum absolute atomic E-state index is 0.205. The van der Waals surface area contributed by atoms with Crippen molar-refractivity contribution >= 4 is 23.5 Å². The van der Waals surface area contributed by atoms with Crippen LogP contribution >= 0.6 is 0 Å². The third kappa shape index (κ3) is 3.44. The number of hydrogen-bond donors (Lipinski definition) is 2. The van der Waals surface area contributed by atoms with Gasteiger partial charge in [-0.2, -0.15) is 0 Å². The van der Waals surface area contributed by atoms with Crippen LogP contribution in [0.1, 0.15) is 28.0 Å². The molecule has 2 aromatic rings. The molecule has 2 aromatic heterocycles. The molecule has 3 heterocycles. The van der Waals surface area contributed by atoms with E-state index in [4.69, 9.17) is 5.73 Å². The van der Waals surface area contributed by atoms with E-state index >= 15 is 0 Å². The summed E-state index contributed by atoms with van der Waals surface area (Å²) in [6.45, 7) is 7.42. The molecule has 3 N–H and O–H groups in total. The molecule has 0 unspecified atom stereocenters. The van der Waals surface area contributed by atoms with Crippen molar-refractivity contribution in [3.8, 4) is 0 Å². The lowest BCUT2D eigenvalue weighted by Gasteiger charge is -2.21. The van der Waals surface area contributed by atoms with E-state index in [1.165, 1.54) is 0 Å². The van der Waals surface area contributed by atoms with Crippen LogP contribution in [0.4, 0.5) is 11.6 Å². The van der Waals surface area contributed by atoms with Crippen LogP contribution < -0.4 is 16.0 Å². The van der Waals surface area contributed by atoms with E-state index in [1.54, 1.807) is 24.4 Å². The molecule has 6 nitrogen and oxygen atoms in total. The summed E-state index contributed by atoms with van der Waals surface area (Å²) < 4.78 is 0. The van der Waals surface area contributed by atoms with Crippen molar-refractivity contribution < 1.29 is 4.79 Å². The summed E-state index contributed by atoms with van der Waals surface area (Å²) in [5, 5.41) is 3.36. The molecule has 0 amide bonds. The van der Waals surface area contributed by atoms with Crippen LogP contribution in [0.15, 0.2) is 37.0 Å². The van der Waals surface area contributed by atoms with E-state index in [0.717, 1.165) is 44.0 Å². The SMILES string of the molecule is C=Cc1cnc(N)c(C(=O)c2cccc(N3CCCNCC3)n2)c1. The third-order valence-corrected chi connectivity index (χ3v) is 4.05. The maximum Gasteiger partial charge on any atom is 0.215 e. The zero-order chi connectivity index (χ0) is 16.9. The molecule has 0 bridgehead atoms. The number of rotatable bonds is 4. The number of anilines is 2. The van der Waals surface area contributed by atoms with E-state index in [-0.39, 0.29) is 11.6 Å². The highest BCUT2D eigenvalue weighted by Gasteiger charge is 2.17. The average molecular weight is 323 g/mol. The summed E-state index contributed by atoms with van der Waals surface area (Å²) in [7, 11) is 0. The molecule has 0 atom stereocenters. The molecule has 124 valence electrons. The Morgan fingerprint density at radius 3 is 3.04 bits per heavy atom. The number of nitrogens with zero attached hydrogens (tertiary/aromatic N) is 3. The van der Waals surface area contributed by atoms with Gasteiger partial charge in [0.05, 0.1) is 5.56 Å². The van der Waals surface area contributed by atoms with E-state index < -0.39 is 0 Å². The van der Waals surface area contributed by atoms with Crippen molar-refractivity contribution in [3.63, 3.8) is 0 Å². The molecule has 1 fully saturated rings. The summed E-state index contributed by atoms with van der Waals surface area (Å²) in [5.74, 6) is 0.797. The van der Waals surface area contributed by atoms with Crippen LogP contribution in [-0.4, -0.2) is 41.9 Å². The molecule has 24 heavy (non-hydrogen) atoms. The number of aromatic nitrogens is 2. The molecule has 0 radical (unpaired) electrons. The number of carbonyl (C=O) groups excluding carboxylic acids is 1. The zero-order valence-electron chi connectivity index (χ0n) is 13.5. The number of ketones is 1. The van der Waals surface area contributed by atoms with Crippen molar-refractivity contribution in [3.05, 3.63) is 53.9 Å². The number of nitrogens with two attached hydrogens (primary N) is 1. The van der Waals surface area contributed by atoms with Crippen molar-refractivity contribution in [2.45, 2.75) is 6.42 Å². The van der Waals surface area contributed by atoms with Gasteiger partial charge in [0.25, 0.3) is 0 Å². The third-order valence-electron chi connectivity index (χ3n) is 4.05. The molecule has 1 aliphatic heterocycles. The fourth-order valence-electron chi connectivity index (χ4n) is 2.72. The van der Waals surface area contributed by atoms with E-state index in [0.29, 0.717) is 11.3 Å². The largest absolute Gasteiger partial charge is 0.383 e. The first-order chi connectivity index (χ1) is 11.7. The van der Waals surface area contributed by atoms with E-state index in [1.807, 2.05) is 12.1 Å². The van der Waals surface area contributed by atoms with Crippen LogP contribution in [0, 0.1) is 0 Å². The fraction of sp³-hybridized carbons (Fsp3) is 0.278. The summed E-state index contributed by atoms with van der Waals surface area (Å²) in [4.78, 5) is 23.6. The van der Waals surface area contributed by atoms with Gasteiger partial charge in [0.1, 0.15) is 17.3 Å². The number of nitrogens with one attached hydrogen (secondary N) is 1. The number of nitrogen functional groups attached to an aromatic ring is 1. The van der Waals surface area contributed by atoms with Gasteiger partial charge in [0.15, 0.2) is 0 Å². The Hall–Kier alpha value is -2.73. The lowest BCUT2D eigenvalue weighted by molar-refractivity contribution is 0.103. The number of pyridine rings is 2. The molecule has 1 saturated heterocycles. The Kier molecular flexibility index (Phi) is 4.86. The van der Waals surface area contributed by atoms with E-state index in [9.17, 15) is 4.79 Å². The molecule has 0 aromatic carbocycles. The minimum atomic E-state index is -0.224. The summed E-state index contributed by atoms with van der Waals surface area (Å²) in [6, 6.07) is 7.20. The van der Waals surface area contributed by atoms with Gasteiger partial charge in [-0.25, -0.2) is 9.97 Å². The standard InChI is InChI=1S/C18H21N5O/c1-2-13-11-14(18(19)21-12-13)17(24)15-5-3-6-16(22-15)23-9-4-7-20-8-10-23/h2-3,5-6,11-12,20H,1,4,7-10H2,(H2,19,21). The lowest BCUT2D eigenvalue weighted by Crippen LogP contribution is -2.29. The highest BCUT2D eigenvalue weighted by atomic mass is 16.1. The topological polar surface area (TPSA) is 84.1 Å². The second-order valence-electron chi connectivity index (χ2n) is 5.71. The van der Waals surface area contributed by atoms with Crippen molar-refractivity contribution in [1.82, 2.24) is 15.3 Å². The van der Waals surface area contributed by atoms with Gasteiger partial charge in [-0.3, -0.25) is 4.79 Å². The maximum absolute atomic E-state index is 12.8. The molecule has 0 aliphatic carbocycles. The second-order valence-corrected chi connectivity index (χ2v) is 5.71. The molecule has 0 saturated carbocycles. The van der Waals surface area contributed by atoms with Crippen molar-refractivity contribution in [2.75, 3.05) is 36.8 Å². The molecule has 6 heteroatoms. The van der Waals surface area contributed by atoms with Crippen LogP contribution in [0.2, 0.25) is 0 Å². The highest BCUT2D eigenvalue weighted by molar-refractivity contribution is 6.10. The highest BCUT2D eigenvalue weighted by Crippen LogP contribution is 2.19. The van der Waals surface area contributed by atoms with Crippen molar-refractivity contribution in [2.24, 2.45) is 0 Å². The van der Waals surface area contributed by atoms with Crippen molar-refractivity contribution in [1.29, 1.82) is 0 Å². The van der Waals surface area contributed by atoms with Crippen LogP contribution in [0.25, 0.3) is 6.08 Å². The molecule has 1 aliphatic rings. The lowest BCUT2D eigenvalue weighted by atomic mass is 10.1. The Labute approximate surface area is 141 Å². The van der Waals surface area contributed by atoms with Crippen LogP contribution in [0.5, 0.6) is 0 Å². The Balaban J connectivity index is 1.90. The van der Waals surface area contributed by atoms with Crippen LogP contribution in [0.3, 0.4) is 0 Å². The molecular weight excluding hydrogens is 302 g/mol. The van der Waals surface area contributed by atoms with Gasteiger partial charge in [0.2, 0.25) is 5.78 Å². The molecular formula is C18H21N5O. The predicted molar refractivity (Wildman–Crippen MR) is 96.1 cm³/mol. The smallest absolute Gasteiger partial charge is 0.215 e. The fourth-order valence-corrected chi connectivity index (χ4v) is 2.72. The number of carbonyl (C=O) groups is 1. The second kappa shape index (κ2) is 7.23. The summed E-state index contributed by atoms with van der Waals surface area (Å²) >= 11 is 0. The molecule has 0 spiro atoms. The number of hydrogen-bond acceptors (Lipinski definition) is 6. The minimum Gasteiger partial charge on any atom is -0.383 e. The Morgan fingerprint density at radius 2 is 2.21 bits per heavy atom. The monoisotopic (exact) mass is 323 g/mol. The zero-order valence-corrected chi connectivity index (χ0v) is 13.5. The normalized spacial score (nSPS) is 14.9. The van der Waals surface area contributed by atoms with E-state index in [2.05, 4.69) is 26.8 Å². The van der Waals surface area contributed by atoms with Gasteiger partial charge in [-0.05, 0) is 36.7 Å². The predicted octanol–water partition coefficient (Wildman–Crippen LogP) is 1.73. The Bertz CT molecular complexity index is 751. The first kappa shape index (κ1) is 16.1. The summed E-state index contributed by atoms with van der Waals surface area (Å²) in [5.41, 5.74) is 7.35. The first-order valence-electron chi connectivity index (χ1n) is 8.04.